The first-order valence-corrected chi connectivity index (χ1v) is 6.90. The molecule has 0 aromatic carbocycles. The maximum Gasteiger partial charge on any atom is 0.243 e. The predicted octanol–water partition coefficient (Wildman–Crippen LogP) is 0.301. The smallest absolute Gasteiger partial charge is 0.243 e. The monoisotopic (exact) mass is 416 g/mol. The van der Waals surface area contributed by atoms with Crippen LogP contribution in [0.4, 0.5) is 0 Å². The molecule has 0 aliphatic carbocycles. The zero-order chi connectivity index (χ0) is 15.2. The van der Waals surface area contributed by atoms with Gasteiger partial charge in [-0.1, -0.05) is 0 Å². The fourth-order valence-corrected chi connectivity index (χ4v) is 1.26. The molecule has 8 heteroatoms. The highest BCUT2D eigenvalue weighted by Gasteiger charge is 2.03. The third-order valence-electron chi connectivity index (χ3n) is 2.41. The molecule has 0 spiro atoms. The van der Waals surface area contributed by atoms with Gasteiger partial charge in [-0.15, -0.1) is 24.0 Å². The second-order valence-electron chi connectivity index (χ2n) is 4.37. The summed E-state index contributed by atoms with van der Waals surface area (Å²) in [5.74, 6) is 0.629. The minimum atomic E-state index is -0.0231. The van der Waals surface area contributed by atoms with Crippen molar-refractivity contribution in [3.05, 3.63) is 0 Å². The van der Waals surface area contributed by atoms with Gasteiger partial charge in [0.05, 0.1) is 13.2 Å². The number of rotatable bonds is 10. The van der Waals surface area contributed by atoms with E-state index in [2.05, 4.69) is 15.6 Å². The topological polar surface area (TPSA) is 75.2 Å². The van der Waals surface area contributed by atoms with Crippen LogP contribution in [0.15, 0.2) is 4.99 Å². The van der Waals surface area contributed by atoms with Crippen LogP contribution in [0.5, 0.6) is 0 Å². The molecule has 0 saturated heterocycles. The number of carbonyl (C=O) groups excluding carboxylic acids is 1. The highest BCUT2D eigenvalue weighted by atomic mass is 127. The molecule has 0 atom stereocenters. The third kappa shape index (κ3) is 14.1. The van der Waals surface area contributed by atoms with Gasteiger partial charge in [-0.25, -0.2) is 4.99 Å². The number of halogens is 1. The Bertz CT molecular complexity index is 289. The summed E-state index contributed by atoms with van der Waals surface area (Å²) in [4.78, 5) is 17.2. The van der Waals surface area contributed by atoms with Crippen molar-refractivity contribution in [3.63, 3.8) is 0 Å². The van der Waals surface area contributed by atoms with Gasteiger partial charge in [0.25, 0.3) is 0 Å². The van der Waals surface area contributed by atoms with E-state index in [9.17, 15) is 4.79 Å². The third-order valence-corrected chi connectivity index (χ3v) is 2.41. The van der Waals surface area contributed by atoms with E-state index >= 15 is 0 Å². The largest absolute Gasteiger partial charge is 0.382 e. The number of nitrogens with zero attached hydrogens (tertiary/aromatic N) is 2. The maximum absolute atomic E-state index is 11.5. The summed E-state index contributed by atoms with van der Waals surface area (Å²) in [6.45, 7) is 5.53. The van der Waals surface area contributed by atoms with Gasteiger partial charge in [-0.05, 0) is 13.3 Å². The van der Waals surface area contributed by atoms with Crippen LogP contribution in [0, 0.1) is 0 Å². The van der Waals surface area contributed by atoms with Gasteiger partial charge in [-0.3, -0.25) is 4.79 Å². The van der Waals surface area contributed by atoms with E-state index < -0.39 is 0 Å². The molecule has 0 saturated carbocycles. The van der Waals surface area contributed by atoms with Crippen LogP contribution in [0.3, 0.4) is 0 Å². The lowest BCUT2D eigenvalue weighted by atomic mass is 10.4. The van der Waals surface area contributed by atoms with Crippen molar-refractivity contribution in [2.24, 2.45) is 4.99 Å². The van der Waals surface area contributed by atoms with Crippen LogP contribution in [0.2, 0.25) is 0 Å². The van der Waals surface area contributed by atoms with E-state index in [0.29, 0.717) is 25.8 Å². The number of methoxy groups -OCH3 is 1. The van der Waals surface area contributed by atoms with Crippen LogP contribution in [-0.4, -0.2) is 77.4 Å². The number of guanidine groups is 1. The van der Waals surface area contributed by atoms with Crippen LogP contribution < -0.4 is 10.6 Å². The molecule has 0 unspecified atom stereocenters. The lowest BCUT2D eigenvalue weighted by Gasteiger charge is -2.12. The fourth-order valence-electron chi connectivity index (χ4n) is 1.26. The number of hydrogen-bond donors (Lipinski definition) is 2. The first-order valence-electron chi connectivity index (χ1n) is 6.90. The number of likely N-dealkylation sites (N-methyl/N-ethyl adjacent to an activating group) is 1. The molecular weight excluding hydrogens is 387 g/mol. The predicted molar refractivity (Wildman–Crippen MR) is 95.4 cm³/mol. The summed E-state index contributed by atoms with van der Waals surface area (Å²) in [6, 6.07) is 0. The van der Waals surface area contributed by atoms with Gasteiger partial charge in [0, 0.05) is 40.9 Å². The molecule has 2 N–H and O–H groups in total. The number of ether oxygens (including phenoxy) is 2. The molecule has 0 bridgehead atoms. The van der Waals surface area contributed by atoms with Crippen molar-refractivity contribution in [1.82, 2.24) is 15.5 Å². The van der Waals surface area contributed by atoms with Crippen LogP contribution in [0.25, 0.3) is 0 Å². The quantitative estimate of drug-likeness (QED) is 0.232. The molecule has 0 rings (SSSR count). The molecule has 0 fully saturated rings. The Morgan fingerprint density at radius 1 is 1.19 bits per heavy atom. The Hall–Kier alpha value is -0.610. The number of amides is 1. The number of hydrogen-bond acceptors (Lipinski definition) is 4. The van der Waals surface area contributed by atoms with E-state index in [0.717, 1.165) is 19.5 Å². The highest BCUT2D eigenvalue weighted by molar-refractivity contribution is 14.0. The summed E-state index contributed by atoms with van der Waals surface area (Å²) in [6.07, 6.45) is 0.871. The lowest BCUT2D eigenvalue weighted by molar-refractivity contribution is -0.127. The Labute approximate surface area is 144 Å². The first-order chi connectivity index (χ1) is 9.61. The zero-order valence-corrected chi connectivity index (χ0v) is 15.8. The van der Waals surface area contributed by atoms with E-state index in [1.807, 2.05) is 6.92 Å². The van der Waals surface area contributed by atoms with Crippen molar-refractivity contribution >= 4 is 35.8 Å². The Balaban J connectivity index is 0. The molecule has 21 heavy (non-hydrogen) atoms. The molecule has 126 valence electrons. The first kappa shape index (κ1) is 22.7. The van der Waals surface area contributed by atoms with Crippen molar-refractivity contribution in [1.29, 1.82) is 0 Å². The Morgan fingerprint density at radius 3 is 2.48 bits per heavy atom. The second kappa shape index (κ2) is 15.8. The van der Waals surface area contributed by atoms with Gasteiger partial charge in [0.2, 0.25) is 5.91 Å². The second-order valence-corrected chi connectivity index (χ2v) is 4.37. The van der Waals surface area contributed by atoms with Crippen molar-refractivity contribution < 1.29 is 14.3 Å². The number of carbonyl (C=O) groups is 1. The normalized spacial score (nSPS) is 10.8. The summed E-state index contributed by atoms with van der Waals surface area (Å²) >= 11 is 0. The summed E-state index contributed by atoms with van der Waals surface area (Å²) in [5.41, 5.74) is 0. The molecule has 0 heterocycles. The number of aliphatic imine (C=N–C) groups is 1. The molecule has 0 radical (unpaired) electrons. The van der Waals surface area contributed by atoms with Crippen molar-refractivity contribution in [2.75, 3.05) is 60.7 Å². The molecule has 0 aliphatic rings. The van der Waals surface area contributed by atoms with Crippen LogP contribution in [-0.2, 0) is 14.3 Å². The van der Waals surface area contributed by atoms with Gasteiger partial charge in [0.15, 0.2) is 5.96 Å². The van der Waals surface area contributed by atoms with Crippen molar-refractivity contribution in [3.8, 4) is 0 Å². The van der Waals surface area contributed by atoms with Crippen LogP contribution in [0.1, 0.15) is 13.3 Å². The van der Waals surface area contributed by atoms with Crippen LogP contribution >= 0.6 is 24.0 Å². The van der Waals surface area contributed by atoms with E-state index in [4.69, 9.17) is 9.47 Å². The van der Waals surface area contributed by atoms with Gasteiger partial charge < -0.3 is 25.0 Å². The average Bonchev–Trinajstić information content (AvgIpc) is 2.43. The average molecular weight is 416 g/mol. The minimum absolute atomic E-state index is 0. The standard InChI is InChI=1S/C13H28N4O3.HI/c1-5-14-13(16-11-12(18)17(2)3)15-7-6-8-20-10-9-19-4;/h5-11H2,1-4H3,(H2,14,15,16);1H. The van der Waals surface area contributed by atoms with E-state index in [1.165, 1.54) is 4.90 Å². The highest BCUT2D eigenvalue weighted by Crippen LogP contribution is 1.84. The molecule has 0 aliphatic heterocycles. The van der Waals surface area contributed by atoms with Gasteiger partial charge in [-0.2, -0.15) is 0 Å². The molecule has 0 aromatic heterocycles. The minimum Gasteiger partial charge on any atom is -0.382 e. The zero-order valence-electron chi connectivity index (χ0n) is 13.5. The SMILES string of the molecule is CCNC(=NCC(=O)N(C)C)NCCCOCCOC.I. The molecular formula is C13H29IN4O3. The molecule has 0 aromatic rings. The van der Waals surface area contributed by atoms with E-state index in [-0.39, 0.29) is 36.4 Å². The molecule has 7 nitrogen and oxygen atoms in total. The van der Waals surface area contributed by atoms with Gasteiger partial charge in [0.1, 0.15) is 6.54 Å². The summed E-state index contributed by atoms with van der Waals surface area (Å²) in [7, 11) is 5.09. The van der Waals surface area contributed by atoms with E-state index in [1.54, 1.807) is 21.2 Å². The Morgan fingerprint density at radius 2 is 1.90 bits per heavy atom. The molecule has 1 amide bonds. The maximum atomic E-state index is 11.5. The van der Waals surface area contributed by atoms with Crippen molar-refractivity contribution in [2.45, 2.75) is 13.3 Å². The summed E-state index contributed by atoms with van der Waals surface area (Å²) in [5, 5.41) is 6.26. The lowest BCUT2D eigenvalue weighted by Crippen LogP contribution is -2.39. The Kier molecular flexibility index (Phi) is 17.0. The fraction of sp³-hybridized carbons (Fsp3) is 0.846. The van der Waals surface area contributed by atoms with Gasteiger partial charge >= 0.3 is 0 Å². The summed E-state index contributed by atoms with van der Waals surface area (Å²) < 4.78 is 10.2. The number of nitrogens with one attached hydrogen (secondary N) is 2.